The predicted octanol–water partition coefficient (Wildman–Crippen LogP) is 7.38. The second-order valence-electron chi connectivity index (χ2n) is 9.42. The van der Waals surface area contributed by atoms with Crippen LogP contribution in [0.4, 0.5) is 5.69 Å². The van der Waals surface area contributed by atoms with Crippen molar-refractivity contribution >= 4 is 43.2 Å². The second-order valence-corrected chi connectivity index (χ2v) is 15.9. The van der Waals surface area contributed by atoms with Crippen LogP contribution in [0.1, 0.15) is 37.9 Å². The van der Waals surface area contributed by atoms with Crippen LogP contribution >= 0.6 is 14.2 Å². The van der Waals surface area contributed by atoms with Gasteiger partial charge in [0.05, 0.1) is 43.6 Å². The molecule has 1 saturated carbocycles. The Morgan fingerprint density at radius 2 is 1.53 bits per heavy atom. The van der Waals surface area contributed by atoms with Crippen LogP contribution in [0, 0.1) is 5.92 Å². The highest BCUT2D eigenvalue weighted by molar-refractivity contribution is 8.46. The maximum absolute atomic E-state index is 14.8. The average molecular weight is 569 g/mol. The molecule has 3 atom stereocenters. The van der Waals surface area contributed by atoms with Gasteiger partial charge in [0.1, 0.15) is 17.1 Å². The summed E-state index contributed by atoms with van der Waals surface area (Å²) in [5.41, 5.74) is 1.92. The average Bonchev–Trinajstić information content (AvgIpc) is 3.75. The Labute approximate surface area is 231 Å². The predicted molar refractivity (Wildman–Crippen MR) is 160 cm³/mol. The summed E-state index contributed by atoms with van der Waals surface area (Å²) >= 11 is 6.82. The van der Waals surface area contributed by atoms with Gasteiger partial charge < -0.3 is 26.0 Å². The maximum atomic E-state index is 14.8. The Morgan fingerprint density at radius 1 is 0.947 bits per heavy atom. The van der Waals surface area contributed by atoms with E-state index in [2.05, 4.69) is 4.78 Å². The fraction of sp³-hybridized carbons (Fsp3) is 0.345. The van der Waals surface area contributed by atoms with E-state index in [1.54, 1.807) is 7.11 Å². The van der Waals surface area contributed by atoms with Gasteiger partial charge in [-0.1, -0.05) is 48.5 Å². The van der Waals surface area contributed by atoms with Crippen LogP contribution in [0.25, 0.3) is 0 Å². The Kier molecular flexibility index (Phi) is 8.33. The van der Waals surface area contributed by atoms with Crippen LogP contribution in [-0.2, 0) is 25.9 Å². The SMILES string of the molecule is CCOP(=O)(OCC)C(c1ccccc1)C1C(C2CC2)=NN(c2ccccc2)[P+]1([S-])c1ccc(OC)cc1. The fourth-order valence-corrected chi connectivity index (χ4v) is 13.4. The number of hydrazone groups is 1. The molecule has 0 saturated heterocycles. The summed E-state index contributed by atoms with van der Waals surface area (Å²) in [6.45, 7) is 1.51. The Hall–Kier alpha value is -2.14. The van der Waals surface area contributed by atoms with Crippen LogP contribution in [-0.4, -0.2) is 31.7 Å². The number of hydrogen-bond donors (Lipinski definition) is 0. The van der Waals surface area contributed by atoms with Crippen LogP contribution in [0.5, 0.6) is 5.75 Å². The second kappa shape index (κ2) is 11.5. The van der Waals surface area contributed by atoms with Gasteiger partial charge in [-0.3, -0.25) is 4.57 Å². The van der Waals surface area contributed by atoms with Crippen molar-refractivity contribution in [2.45, 2.75) is 38.0 Å². The van der Waals surface area contributed by atoms with E-state index in [1.165, 1.54) is 0 Å². The van der Waals surface area contributed by atoms with Gasteiger partial charge in [0.15, 0.2) is 0 Å². The van der Waals surface area contributed by atoms with Crippen molar-refractivity contribution < 1.29 is 18.3 Å². The standard InChI is InChI=1S/C29H34N2O4P2S/c1-4-34-37(32,35-5-2)28(23-12-8-6-9-13-23)29-27(22-16-17-22)30-31(24-14-10-7-11-15-24)36(29,38)26-20-18-25(33-3)19-21-26/h6-15,18-22,28-29H,4-5,16-17H2,1-3H3. The Bertz CT molecular complexity index is 1300. The fourth-order valence-electron chi connectivity index (χ4n) is 5.19. The van der Waals surface area contributed by atoms with Crippen LogP contribution in [0.2, 0.25) is 0 Å². The number of ether oxygens (including phenoxy) is 1. The topological polar surface area (TPSA) is 60.4 Å². The van der Waals surface area contributed by atoms with Crippen LogP contribution in [0.3, 0.4) is 0 Å². The lowest BCUT2D eigenvalue weighted by Crippen LogP contribution is -2.36. The van der Waals surface area contributed by atoms with E-state index in [-0.39, 0.29) is 18.9 Å². The molecule has 6 nitrogen and oxygen atoms in total. The first kappa shape index (κ1) is 27.4. The number of anilines is 1. The third-order valence-corrected chi connectivity index (χ3v) is 14.8. The summed E-state index contributed by atoms with van der Waals surface area (Å²) in [4.78, 5) is 0. The highest BCUT2D eigenvalue weighted by atomic mass is 32.7. The van der Waals surface area contributed by atoms with Crippen molar-refractivity contribution in [2.75, 3.05) is 25.1 Å². The number of hydrogen-bond acceptors (Lipinski definition) is 7. The lowest BCUT2D eigenvalue weighted by atomic mass is 10.0. The first-order valence-electron chi connectivity index (χ1n) is 13.1. The highest BCUT2D eigenvalue weighted by Crippen LogP contribution is 2.78. The van der Waals surface area contributed by atoms with Crippen molar-refractivity contribution in [3.63, 3.8) is 0 Å². The first-order chi connectivity index (χ1) is 18.5. The number of nitrogens with zero attached hydrogens (tertiary/aromatic N) is 2. The minimum atomic E-state index is -3.65. The van der Waals surface area contributed by atoms with Gasteiger partial charge in [-0.2, -0.15) is 4.78 Å². The zero-order valence-electron chi connectivity index (χ0n) is 22.0. The molecule has 3 aromatic rings. The minimum absolute atomic E-state index is 0.275. The van der Waals surface area contributed by atoms with Gasteiger partial charge in [-0.15, -0.1) is 5.10 Å². The molecular formula is C29H34N2O4P2S. The molecule has 5 rings (SSSR count). The minimum Gasteiger partial charge on any atom is -0.524 e. The van der Waals surface area contributed by atoms with E-state index in [0.29, 0.717) is 5.92 Å². The van der Waals surface area contributed by atoms with Gasteiger partial charge in [0, 0.05) is 5.92 Å². The summed E-state index contributed by atoms with van der Waals surface area (Å²) < 4.78 is 34.4. The molecule has 0 bridgehead atoms. The first-order valence-corrected chi connectivity index (χ1v) is 17.5. The van der Waals surface area contributed by atoms with E-state index >= 15 is 0 Å². The van der Waals surface area contributed by atoms with Crippen molar-refractivity contribution in [1.29, 1.82) is 0 Å². The molecular weight excluding hydrogens is 534 g/mol. The third-order valence-electron chi connectivity index (χ3n) is 7.00. The third kappa shape index (κ3) is 5.08. The number of para-hydroxylation sites is 1. The summed E-state index contributed by atoms with van der Waals surface area (Å²) in [5.74, 6) is 1.06. The highest BCUT2D eigenvalue weighted by Gasteiger charge is 2.62. The summed E-state index contributed by atoms with van der Waals surface area (Å²) in [5, 5.41) is 6.27. The van der Waals surface area contributed by atoms with Crippen LogP contribution in [0.15, 0.2) is 90.0 Å². The molecule has 3 aromatic carbocycles. The van der Waals surface area contributed by atoms with E-state index in [4.69, 9.17) is 31.1 Å². The molecule has 1 aliphatic carbocycles. The van der Waals surface area contributed by atoms with Gasteiger partial charge in [0.25, 0.3) is 0 Å². The molecule has 3 unspecified atom stereocenters. The maximum Gasteiger partial charge on any atom is 0.342 e. The van der Waals surface area contributed by atoms with E-state index in [1.807, 2.05) is 98.8 Å². The van der Waals surface area contributed by atoms with Gasteiger partial charge in [-0.25, -0.2) is 0 Å². The molecule has 2 aliphatic rings. The number of methoxy groups -OCH3 is 1. The quantitative estimate of drug-likeness (QED) is 0.178. The van der Waals surface area contributed by atoms with Crippen molar-refractivity contribution in [3.05, 3.63) is 90.5 Å². The van der Waals surface area contributed by atoms with Crippen molar-refractivity contribution in [2.24, 2.45) is 11.0 Å². The molecule has 0 radical (unpaired) electrons. The molecule has 1 aliphatic heterocycles. The molecule has 0 N–H and O–H groups in total. The Morgan fingerprint density at radius 3 is 2.05 bits per heavy atom. The molecule has 38 heavy (non-hydrogen) atoms. The van der Waals surface area contributed by atoms with Gasteiger partial charge in [-0.05, 0) is 68.7 Å². The Balaban J connectivity index is 1.77. The molecule has 1 heterocycles. The molecule has 9 heteroatoms. The summed E-state index contributed by atoms with van der Waals surface area (Å²) in [7, 11) is -2.00. The molecule has 0 spiro atoms. The molecule has 0 aromatic heterocycles. The monoisotopic (exact) mass is 568 g/mol. The normalized spacial score (nSPS) is 22.3. The molecule has 0 amide bonds. The van der Waals surface area contributed by atoms with Crippen molar-refractivity contribution in [1.82, 2.24) is 0 Å². The summed E-state index contributed by atoms with van der Waals surface area (Å²) in [6, 6.07) is 28.0. The smallest absolute Gasteiger partial charge is 0.342 e. The van der Waals surface area contributed by atoms with Gasteiger partial charge in [0.2, 0.25) is 0 Å². The lowest BCUT2D eigenvalue weighted by Gasteiger charge is -2.43. The number of benzene rings is 3. The van der Waals surface area contributed by atoms with E-state index in [9.17, 15) is 4.57 Å². The number of rotatable bonds is 11. The zero-order chi connectivity index (χ0) is 26.8. The largest absolute Gasteiger partial charge is 0.524 e. The van der Waals surface area contributed by atoms with Gasteiger partial charge >= 0.3 is 7.60 Å². The molecule has 1 fully saturated rings. The van der Waals surface area contributed by atoms with E-state index in [0.717, 1.165) is 40.9 Å². The van der Waals surface area contributed by atoms with Crippen molar-refractivity contribution in [3.8, 4) is 5.75 Å². The lowest BCUT2D eigenvalue weighted by molar-refractivity contribution is 0.212. The molecule has 200 valence electrons. The van der Waals surface area contributed by atoms with Crippen LogP contribution < -0.4 is 14.8 Å². The zero-order valence-corrected chi connectivity index (χ0v) is 24.6. The van der Waals surface area contributed by atoms with E-state index < -0.39 is 19.9 Å². The summed E-state index contributed by atoms with van der Waals surface area (Å²) in [6.07, 6.45) is 2.09.